The Balaban J connectivity index is 2.74. The zero-order valence-electron chi connectivity index (χ0n) is 6.98. The van der Waals surface area contributed by atoms with Gasteiger partial charge >= 0.3 is 0 Å². The van der Waals surface area contributed by atoms with Crippen LogP contribution in [0.2, 0.25) is 0 Å². The Morgan fingerprint density at radius 1 is 1.45 bits per heavy atom. The van der Waals surface area contributed by atoms with Crippen LogP contribution in [0.4, 0.5) is 4.39 Å². The van der Waals surface area contributed by atoms with Crippen LogP contribution in [-0.2, 0) is 4.79 Å². The summed E-state index contributed by atoms with van der Waals surface area (Å²) in [5, 5.41) is 0. The van der Waals surface area contributed by atoms with Gasteiger partial charge in [-0.25, -0.2) is 4.39 Å². The Kier molecular flexibility index (Phi) is 2.42. The lowest BCUT2D eigenvalue weighted by molar-refractivity contribution is -0.118. The van der Waals surface area contributed by atoms with Crippen LogP contribution >= 0.6 is 0 Å². The van der Waals surface area contributed by atoms with E-state index in [1.165, 1.54) is 0 Å². The molecule has 0 aliphatic heterocycles. The van der Waals surface area contributed by atoms with E-state index in [0.717, 1.165) is 6.42 Å². The Bertz CT molecular complexity index is 204. The third-order valence-electron chi connectivity index (χ3n) is 1.97. The molecule has 0 heterocycles. The monoisotopic (exact) mass is 156 g/mol. The second-order valence-corrected chi connectivity index (χ2v) is 3.26. The molecule has 2 heteroatoms. The molecule has 0 aromatic carbocycles. The molecule has 0 unspecified atom stereocenters. The predicted molar refractivity (Wildman–Crippen MR) is 41.8 cm³/mol. The number of rotatable bonds is 2. The summed E-state index contributed by atoms with van der Waals surface area (Å²) in [5.74, 6) is -0.252. The molecule has 0 aromatic heterocycles. The van der Waals surface area contributed by atoms with Gasteiger partial charge in [-0.2, -0.15) is 0 Å². The fourth-order valence-electron chi connectivity index (χ4n) is 1.31. The smallest absolute Gasteiger partial charge is 0.163 e. The third kappa shape index (κ3) is 1.67. The quantitative estimate of drug-likeness (QED) is 0.600. The van der Waals surface area contributed by atoms with E-state index >= 15 is 0 Å². The summed E-state index contributed by atoms with van der Waals surface area (Å²) in [6.07, 6.45) is 1.91. The standard InChI is InChI=1S/C9H13FO/c1-6(2)9(11)7-4-3-5-8(7)10/h6H,3-5H2,1-2H3. The van der Waals surface area contributed by atoms with Crippen molar-refractivity contribution >= 4 is 5.78 Å². The molecular formula is C9H13FO. The van der Waals surface area contributed by atoms with Gasteiger partial charge in [0.15, 0.2) is 5.78 Å². The van der Waals surface area contributed by atoms with Gasteiger partial charge in [0.05, 0.1) is 0 Å². The first-order valence-electron chi connectivity index (χ1n) is 4.04. The maximum atomic E-state index is 12.9. The average molecular weight is 156 g/mol. The van der Waals surface area contributed by atoms with Crippen LogP contribution < -0.4 is 0 Å². The maximum Gasteiger partial charge on any atom is 0.163 e. The van der Waals surface area contributed by atoms with Crippen LogP contribution in [0.1, 0.15) is 33.1 Å². The molecule has 0 fully saturated rings. The fraction of sp³-hybridized carbons (Fsp3) is 0.667. The van der Waals surface area contributed by atoms with Gasteiger partial charge in [-0.1, -0.05) is 13.8 Å². The molecule has 0 aromatic rings. The van der Waals surface area contributed by atoms with Crippen molar-refractivity contribution in [3.05, 3.63) is 11.4 Å². The normalized spacial score (nSPS) is 18.2. The minimum absolute atomic E-state index is 0.0139. The summed E-state index contributed by atoms with van der Waals surface area (Å²) in [6, 6.07) is 0. The molecule has 0 N–H and O–H groups in total. The van der Waals surface area contributed by atoms with Crippen LogP contribution in [0.15, 0.2) is 11.4 Å². The van der Waals surface area contributed by atoms with Crippen molar-refractivity contribution in [2.75, 3.05) is 0 Å². The minimum Gasteiger partial charge on any atom is -0.294 e. The van der Waals surface area contributed by atoms with E-state index in [4.69, 9.17) is 0 Å². The summed E-state index contributed by atoms with van der Waals surface area (Å²) in [4.78, 5) is 11.3. The highest BCUT2D eigenvalue weighted by molar-refractivity contribution is 5.97. The lowest BCUT2D eigenvalue weighted by Crippen LogP contribution is -2.09. The van der Waals surface area contributed by atoms with Gasteiger partial charge in [0.2, 0.25) is 0 Å². The highest BCUT2D eigenvalue weighted by Crippen LogP contribution is 2.28. The van der Waals surface area contributed by atoms with Crippen LogP contribution in [0.3, 0.4) is 0 Å². The van der Waals surface area contributed by atoms with Gasteiger partial charge in [0, 0.05) is 11.5 Å². The molecule has 1 nitrogen and oxygen atoms in total. The van der Waals surface area contributed by atoms with Crippen molar-refractivity contribution in [2.24, 2.45) is 5.92 Å². The largest absolute Gasteiger partial charge is 0.294 e. The third-order valence-corrected chi connectivity index (χ3v) is 1.97. The minimum atomic E-state index is -0.177. The molecule has 0 saturated heterocycles. The summed E-state index contributed by atoms with van der Waals surface area (Å²) >= 11 is 0. The number of carbonyl (C=O) groups excluding carboxylic acids is 1. The average Bonchev–Trinajstić information content (AvgIpc) is 2.33. The first-order chi connectivity index (χ1) is 5.13. The lowest BCUT2D eigenvalue weighted by atomic mass is 10.0. The number of hydrogen-bond acceptors (Lipinski definition) is 1. The topological polar surface area (TPSA) is 17.1 Å². The molecule has 0 bridgehead atoms. The summed E-state index contributed by atoms with van der Waals surface area (Å²) < 4.78 is 12.9. The first-order valence-corrected chi connectivity index (χ1v) is 4.04. The van der Waals surface area contributed by atoms with Gasteiger partial charge in [-0.05, 0) is 19.3 Å². The van der Waals surface area contributed by atoms with E-state index < -0.39 is 0 Å². The molecule has 0 spiro atoms. The highest BCUT2D eigenvalue weighted by Gasteiger charge is 2.22. The maximum absolute atomic E-state index is 12.9. The van der Waals surface area contributed by atoms with Crippen molar-refractivity contribution in [1.82, 2.24) is 0 Å². The molecule has 0 amide bonds. The molecule has 0 radical (unpaired) electrons. The summed E-state index contributed by atoms with van der Waals surface area (Å²) in [5.41, 5.74) is 0.444. The van der Waals surface area contributed by atoms with Gasteiger partial charge in [0.1, 0.15) is 5.83 Å². The number of halogens is 1. The molecule has 1 rings (SSSR count). The fourth-order valence-corrected chi connectivity index (χ4v) is 1.31. The number of ketones is 1. The number of Topliss-reactive ketones (excluding diaryl/α,β-unsaturated/α-hetero) is 1. The molecule has 0 saturated carbocycles. The van der Waals surface area contributed by atoms with E-state index in [2.05, 4.69) is 0 Å². The zero-order chi connectivity index (χ0) is 8.43. The van der Waals surface area contributed by atoms with Crippen LogP contribution in [0.25, 0.3) is 0 Å². The lowest BCUT2D eigenvalue weighted by Gasteiger charge is -2.03. The Morgan fingerprint density at radius 2 is 2.09 bits per heavy atom. The summed E-state index contributed by atoms with van der Waals surface area (Å²) in [6.45, 7) is 3.61. The number of hydrogen-bond donors (Lipinski definition) is 0. The van der Waals surface area contributed by atoms with E-state index in [0.29, 0.717) is 18.4 Å². The van der Waals surface area contributed by atoms with Gasteiger partial charge < -0.3 is 0 Å². The second kappa shape index (κ2) is 3.16. The van der Waals surface area contributed by atoms with E-state index in [1.807, 2.05) is 0 Å². The van der Waals surface area contributed by atoms with Crippen molar-refractivity contribution in [1.29, 1.82) is 0 Å². The van der Waals surface area contributed by atoms with E-state index in [1.54, 1.807) is 13.8 Å². The van der Waals surface area contributed by atoms with Crippen LogP contribution in [0, 0.1) is 5.92 Å². The van der Waals surface area contributed by atoms with Crippen LogP contribution in [0.5, 0.6) is 0 Å². The second-order valence-electron chi connectivity index (χ2n) is 3.26. The summed E-state index contributed by atoms with van der Waals surface area (Å²) in [7, 11) is 0. The number of allylic oxidation sites excluding steroid dienone is 2. The Morgan fingerprint density at radius 3 is 2.45 bits per heavy atom. The molecular weight excluding hydrogens is 143 g/mol. The SMILES string of the molecule is CC(C)C(=O)C1=C(F)CCC1. The molecule has 11 heavy (non-hydrogen) atoms. The Hall–Kier alpha value is -0.660. The molecule has 62 valence electrons. The first kappa shape index (κ1) is 8.44. The van der Waals surface area contributed by atoms with E-state index in [9.17, 15) is 9.18 Å². The molecule has 1 aliphatic rings. The Labute approximate surface area is 66.3 Å². The van der Waals surface area contributed by atoms with E-state index in [-0.39, 0.29) is 17.5 Å². The van der Waals surface area contributed by atoms with Gasteiger partial charge in [-0.3, -0.25) is 4.79 Å². The van der Waals surface area contributed by atoms with Crippen molar-refractivity contribution in [2.45, 2.75) is 33.1 Å². The van der Waals surface area contributed by atoms with Gasteiger partial charge in [-0.15, -0.1) is 0 Å². The number of carbonyl (C=O) groups is 1. The van der Waals surface area contributed by atoms with Gasteiger partial charge in [0.25, 0.3) is 0 Å². The zero-order valence-corrected chi connectivity index (χ0v) is 6.98. The molecule has 0 atom stereocenters. The van der Waals surface area contributed by atoms with Crippen molar-refractivity contribution in [3.8, 4) is 0 Å². The molecule has 1 aliphatic carbocycles. The van der Waals surface area contributed by atoms with Crippen LogP contribution in [-0.4, -0.2) is 5.78 Å². The highest BCUT2D eigenvalue weighted by atomic mass is 19.1. The van der Waals surface area contributed by atoms with Crippen molar-refractivity contribution < 1.29 is 9.18 Å². The van der Waals surface area contributed by atoms with Crippen molar-refractivity contribution in [3.63, 3.8) is 0 Å². The predicted octanol–water partition coefficient (Wildman–Crippen LogP) is 2.62.